The van der Waals surface area contributed by atoms with Crippen molar-refractivity contribution in [2.24, 2.45) is 10.8 Å². The predicted molar refractivity (Wildman–Crippen MR) is 140 cm³/mol. The molecule has 0 unspecified atom stereocenters. The lowest BCUT2D eigenvalue weighted by molar-refractivity contribution is -0.118. The Hall–Kier alpha value is -4.17. The Morgan fingerprint density at radius 1 is 1.03 bits per heavy atom. The van der Waals surface area contributed by atoms with Gasteiger partial charge in [-0.3, -0.25) is 9.36 Å². The fourth-order valence-corrected chi connectivity index (χ4v) is 4.46. The monoisotopic (exact) mass is 500 g/mol. The molecule has 1 aromatic heterocycles. The Morgan fingerprint density at radius 2 is 1.72 bits per heavy atom. The highest BCUT2D eigenvalue weighted by Crippen LogP contribution is 2.31. The van der Waals surface area contributed by atoms with Gasteiger partial charge in [0, 0.05) is 10.9 Å². The number of nitrogens with zero attached hydrogens (tertiary/aromatic N) is 5. The van der Waals surface area contributed by atoms with E-state index in [1.54, 1.807) is 17.1 Å². The minimum Gasteiger partial charge on any atom is -0.368 e. The summed E-state index contributed by atoms with van der Waals surface area (Å²) >= 11 is 5.99. The number of aromatic nitrogens is 3. The van der Waals surface area contributed by atoms with Crippen LogP contribution in [0.25, 0.3) is 0 Å². The topological polar surface area (TPSA) is 98.5 Å². The van der Waals surface area contributed by atoms with Crippen LogP contribution in [0, 0.1) is 6.92 Å². The van der Waals surface area contributed by atoms with E-state index in [2.05, 4.69) is 17.2 Å². The fraction of sp³-hybridized carbons (Fsp3) is 0.185. The summed E-state index contributed by atoms with van der Waals surface area (Å²) in [7, 11) is 0. The molecule has 0 bridgehead atoms. The molecule has 8 nitrogen and oxygen atoms in total. The highest BCUT2D eigenvalue weighted by atomic mass is 35.5. The van der Waals surface area contributed by atoms with Gasteiger partial charge in [-0.2, -0.15) is 5.10 Å². The maximum atomic E-state index is 13.2. The summed E-state index contributed by atoms with van der Waals surface area (Å²) in [5, 5.41) is 11.8. The molecule has 0 fully saturated rings. The van der Waals surface area contributed by atoms with E-state index in [9.17, 15) is 9.59 Å². The van der Waals surface area contributed by atoms with Gasteiger partial charge in [0.25, 0.3) is 0 Å². The number of carbonyl (C=O) groups excluding carboxylic acids is 1. The van der Waals surface area contributed by atoms with Crippen LogP contribution in [0.2, 0.25) is 5.02 Å². The lowest BCUT2D eigenvalue weighted by Gasteiger charge is -2.16. The van der Waals surface area contributed by atoms with E-state index in [0.29, 0.717) is 11.6 Å². The number of aryl methyl sites for hydroxylation is 1. The van der Waals surface area contributed by atoms with Crippen LogP contribution in [0.1, 0.15) is 28.2 Å². The normalized spacial score (nSPS) is 15.2. The lowest BCUT2D eigenvalue weighted by atomic mass is 9.90. The van der Waals surface area contributed by atoms with E-state index in [1.807, 2.05) is 61.5 Å². The first-order chi connectivity index (χ1) is 17.4. The van der Waals surface area contributed by atoms with E-state index in [-0.39, 0.29) is 25.0 Å². The fourth-order valence-electron chi connectivity index (χ4n) is 4.34. The lowest BCUT2D eigenvalue weighted by Crippen LogP contribution is -2.32. The number of rotatable bonds is 7. The summed E-state index contributed by atoms with van der Waals surface area (Å²) in [4.78, 5) is 25.1. The summed E-state index contributed by atoms with van der Waals surface area (Å²) in [6, 6.07) is 25.4. The van der Waals surface area contributed by atoms with Crippen LogP contribution in [0.5, 0.6) is 0 Å². The molecule has 0 saturated carbocycles. The molecule has 1 aliphatic rings. The maximum absolute atomic E-state index is 13.2. The molecule has 0 spiro atoms. The van der Waals surface area contributed by atoms with Crippen LogP contribution in [-0.4, -0.2) is 32.5 Å². The molecule has 36 heavy (non-hydrogen) atoms. The van der Waals surface area contributed by atoms with Crippen molar-refractivity contribution in [2.45, 2.75) is 25.9 Å². The number of hydrazone groups is 1. The number of nitrogens with two attached hydrogens (primary N) is 1. The van der Waals surface area contributed by atoms with Gasteiger partial charge in [0.05, 0.1) is 18.8 Å². The molecule has 3 aromatic carbocycles. The van der Waals surface area contributed by atoms with Crippen LogP contribution in [0.3, 0.4) is 0 Å². The van der Waals surface area contributed by atoms with Crippen LogP contribution in [0.4, 0.5) is 5.95 Å². The number of anilines is 1. The number of benzene rings is 3. The van der Waals surface area contributed by atoms with Gasteiger partial charge in [-0.15, -0.1) is 5.10 Å². The van der Waals surface area contributed by atoms with Crippen LogP contribution in [0.15, 0.2) is 88.8 Å². The first-order valence-electron chi connectivity index (χ1n) is 11.6. The van der Waals surface area contributed by atoms with E-state index < -0.39 is 11.6 Å². The van der Waals surface area contributed by atoms with Crippen molar-refractivity contribution in [2.75, 3.05) is 11.6 Å². The second-order valence-corrected chi connectivity index (χ2v) is 9.25. The van der Waals surface area contributed by atoms with Crippen LogP contribution in [-0.2, 0) is 17.9 Å². The first-order valence-corrected chi connectivity index (χ1v) is 12.0. The van der Waals surface area contributed by atoms with E-state index in [4.69, 9.17) is 22.4 Å². The number of amides is 1. The smallest absolute Gasteiger partial charge is 0.348 e. The maximum Gasteiger partial charge on any atom is 0.348 e. The van der Waals surface area contributed by atoms with E-state index >= 15 is 0 Å². The van der Waals surface area contributed by atoms with Gasteiger partial charge < -0.3 is 5.73 Å². The number of primary amides is 1. The van der Waals surface area contributed by atoms with Crippen molar-refractivity contribution in [3.63, 3.8) is 0 Å². The average Bonchev–Trinajstić information content (AvgIpc) is 3.44. The van der Waals surface area contributed by atoms with E-state index in [1.165, 1.54) is 9.25 Å². The second-order valence-electron chi connectivity index (χ2n) is 8.82. The predicted octanol–water partition coefficient (Wildman–Crippen LogP) is 3.55. The molecule has 0 radical (unpaired) electrons. The third-order valence-electron chi connectivity index (χ3n) is 6.16. The molecule has 9 heteroatoms. The van der Waals surface area contributed by atoms with Crippen molar-refractivity contribution < 1.29 is 4.79 Å². The molecule has 1 atom stereocenters. The summed E-state index contributed by atoms with van der Waals surface area (Å²) in [6.45, 7) is 2.43. The number of hydrogen-bond acceptors (Lipinski definition) is 5. The van der Waals surface area contributed by atoms with Crippen molar-refractivity contribution in [3.8, 4) is 0 Å². The Labute approximate surface area is 213 Å². The van der Waals surface area contributed by atoms with Gasteiger partial charge in [-0.1, -0.05) is 83.9 Å². The molecular weight excluding hydrogens is 476 g/mol. The third kappa shape index (κ3) is 4.81. The molecule has 4 aromatic rings. The number of carbonyl (C=O) groups is 1. The van der Waals surface area contributed by atoms with Crippen LogP contribution < -0.4 is 16.4 Å². The molecular formula is C27H25ClN6O2. The molecule has 5 rings (SSSR count). The highest BCUT2D eigenvalue weighted by Gasteiger charge is 2.33. The van der Waals surface area contributed by atoms with Gasteiger partial charge in [-0.05, 0) is 35.7 Å². The highest BCUT2D eigenvalue weighted by molar-refractivity contribution is 6.30. The van der Waals surface area contributed by atoms with Gasteiger partial charge in [-0.25, -0.2) is 14.5 Å². The van der Waals surface area contributed by atoms with Gasteiger partial charge in [0.2, 0.25) is 11.9 Å². The zero-order valence-electron chi connectivity index (χ0n) is 19.7. The summed E-state index contributed by atoms with van der Waals surface area (Å²) in [5.74, 6) is -0.408. The Bertz CT molecular complexity index is 1470. The standard InChI is InChI=1S/C27H25ClN6O2/c1-18-7-11-21(12-8-18)25-23(20-5-3-2-4-6-20)16-33(30-25)26-31-34(27(36)32(26)17-24(29)35)15-19-9-13-22(28)14-10-19/h2-14,23H,15-17H2,1H3,(H2,29,35)/t23-/m1/s1. The summed E-state index contributed by atoms with van der Waals surface area (Å²) < 4.78 is 2.60. The zero-order valence-corrected chi connectivity index (χ0v) is 20.5. The number of hydrogen-bond donors (Lipinski definition) is 1. The van der Waals surface area contributed by atoms with Crippen molar-refractivity contribution in [1.82, 2.24) is 14.3 Å². The SMILES string of the molecule is Cc1ccc(C2=NN(c3nn(Cc4ccc(Cl)cc4)c(=O)n3CC(N)=O)C[C@@H]2c2ccccc2)cc1. The Balaban J connectivity index is 1.57. The van der Waals surface area contributed by atoms with Crippen molar-refractivity contribution in [1.29, 1.82) is 0 Å². The molecule has 1 amide bonds. The Morgan fingerprint density at radius 3 is 2.39 bits per heavy atom. The molecule has 0 saturated heterocycles. The molecule has 2 N–H and O–H groups in total. The van der Waals surface area contributed by atoms with Crippen LogP contribution >= 0.6 is 11.6 Å². The molecule has 2 heterocycles. The van der Waals surface area contributed by atoms with Crippen molar-refractivity contribution >= 4 is 29.2 Å². The van der Waals surface area contributed by atoms with Gasteiger partial charge >= 0.3 is 5.69 Å². The first kappa shape index (κ1) is 23.6. The average molecular weight is 501 g/mol. The van der Waals surface area contributed by atoms with E-state index in [0.717, 1.165) is 28.0 Å². The second kappa shape index (κ2) is 9.83. The molecule has 0 aliphatic carbocycles. The number of halogens is 1. The quantitative estimate of drug-likeness (QED) is 0.419. The largest absolute Gasteiger partial charge is 0.368 e. The summed E-state index contributed by atoms with van der Waals surface area (Å²) in [5.41, 5.74) is 10.0. The Kier molecular flexibility index (Phi) is 6.43. The van der Waals surface area contributed by atoms with Crippen molar-refractivity contribution in [3.05, 3.63) is 117 Å². The third-order valence-corrected chi connectivity index (χ3v) is 6.41. The van der Waals surface area contributed by atoms with Gasteiger partial charge in [0.15, 0.2) is 0 Å². The minimum atomic E-state index is -0.633. The minimum absolute atomic E-state index is 0.0487. The summed E-state index contributed by atoms with van der Waals surface area (Å²) in [6.07, 6.45) is 0. The molecule has 1 aliphatic heterocycles. The van der Waals surface area contributed by atoms with Gasteiger partial charge in [0.1, 0.15) is 6.54 Å². The molecule has 182 valence electrons. The zero-order chi connectivity index (χ0) is 25.2.